The molecule has 4 heterocycles. The topological polar surface area (TPSA) is 75.1 Å². The summed E-state index contributed by atoms with van der Waals surface area (Å²) in [5.74, 6) is 0.0461. The van der Waals surface area contributed by atoms with Gasteiger partial charge in [-0.05, 0) is 47.7 Å². The van der Waals surface area contributed by atoms with E-state index < -0.39 is 10.0 Å². The Balaban J connectivity index is 1.20. The van der Waals surface area contributed by atoms with Crippen LogP contribution in [0.2, 0.25) is 0 Å². The van der Waals surface area contributed by atoms with Crippen molar-refractivity contribution in [2.24, 2.45) is 5.92 Å². The van der Waals surface area contributed by atoms with Crippen LogP contribution in [0.15, 0.2) is 82.5 Å². The molecule has 0 amide bonds. The molecular weight excluding hydrogens is 560 g/mol. The Kier molecular flexibility index (Phi) is 7.37. The van der Waals surface area contributed by atoms with Gasteiger partial charge in [-0.25, -0.2) is 8.42 Å². The molecule has 0 unspecified atom stereocenters. The van der Waals surface area contributed by atoms with Crippen molar-refractivity contribution in [3.8, 4) is 11.1 Å². The van der Waals surface area contributed by atoms with E-state index in [1.165, 1.54) is 0 Å². The lowest BCUT2D eigenvalue weighted by Crippen LogP contribution is -2.49. The molecule has 3 aromatic carbocycles. The molecule has 4 aromatic rings. The van der Waals surface area contributed by atoms with Crippen molar-refractivity contribution in [3.63, 3.8) is 0 Å². The molecule has 3 aliphatic heterocycles. The van der Waals surface area contributed by atoms with E-state index in [-0.39, 0.29) is 17.4 Å². The number of ether oxygens (including phenoxy) is 1. The van der Waals surface area contributed by atoms with Gasteiger partial charge in [-0.1, -0.05) is 48.5 Å². The monoisotopic (exact) mass is 598 g/mol. The zero-order valence-electron chi connectivity index (χ0n) is 24.8. The number of anilines is 1. The van der Waals surface area contributed by atoms with Crippen LogP contribution in [0.25, 0.3) is 21.9 Å². The van der Waals surface area contributed by atoms with Crippen LogP contribution in [0, 0.1) is 5.92 Å². The minimum Gasteiger partial charge on any atom is -0.379 e. The van der Waals surface area contributed by atoms with Crippen LogP contribution in [-0.4, -0.2) is 75.7 Å². The molecule has 2 bridgehead atoms. The summed E-state index contributed by atoms with van der Waals surface area (Å²) in [7, 11) is 0.192. The van der Waals surface area contributed by atoms with Gasteiger partial charge in [0.25, 0.3) is 5.56 Å². The summed E-state index contributed by atoms with van der Waals surface area (Å²) in [5, 5.41) is 1.66. The number of hydrogen-bond acceptors (Lipinski definition) is 6. The molecular formula is C34H38N4O4S. The zero-order valence-corrected chi connectivity index (χ0v) is 25.6. The Morgan fingerprint density at radius 2 is 1.60 bits per heavy atom. The molecule has 9 heteroatoms. The van der Waals surface area contributed by atoms with Crippen molar-refractivity contribution in [2.75, 3.05) is 58.4 Å². The molecule has 0 spiro atoms. The molecule has 7 rings (SSSR count). The molecule has 8 nitrogen and oxygen atoms in total. The molecule has 2 fully saturated rings. The van der Waals surface area contributed by atoms with Crippen LogP contribution in [0.4, 0.5) is 5.69 Å². The Labute approximate surface area is 253 Å². The van der Waals surface area contributed by atoms with Gasteiger partial charge in [0.15, 0.2) is 0 Å². The van der Waals surface area contributed by atoms with E-state index in [1.54, 1.807) is 10.4 Å². The van der Waals surface area contributed by atoms with E-state index in [0.717, 1.165) is 72.5 Å². The first-order valence-electron chi connectivity index (χ1n) is 15.1. The second-order valence-corrected chi connectivity index (χ2v) is 14.2. The van der Waals surface area contributed by atoms with Crippen molar-refractivity contribution >= 4 is 26.5 Å². The largest absolute Gasteiger partial charge is 0.379 e. The summed E-state index contributed by atoms with van der Waals surface area (Å²) in [6, 6.07) is 23.6. The van der Waals surface area contributed by atoms with Crippen molar-refractivity contribution < 1.29 is 13.2 Å². The van der Waals surface area contributed by atoms with E-state index >= 15 is 0 Å². The number of sulfonamides is 1. The molecule has 0 aliphatic carbocycles. The summed E-state index contributed by atoms with van der Waals surface area (Å²) in [4.78, 5) is 18.7. The van der Waals surface area contributed by atoms with E-state index in [4.69, 9.17) is 4.74 Å². The van der Waals surface area contributed by atoms with Crippen molar-refractivity contribution in [1.82, 2.24) is 13.8 Å². The fourth-order valence-corrected chi connectivity index (χ4v) is 9.01. The van der Waals surface area contributed by atoms with Crippen LogP contribution < -0.4 is 10.5 Å². The summed E-state index contributed by atoms with van der Waals surface area (Å²) < 4.78 is 37.4. The summed E-state index contributed by atoms with van der Waals surface area (Å²) >= 11 is 0. The molecule has 2 saturated heterocycles. The summed E-state index contributed by atoms with van der Waals surface area (Å²) in [6.45, 7) is 5.32. The SMILES string of the molecule is CN(C)c1cccc2c(S(=O)(=O)N3C[C@@H]4C[C@H](C3)c3ccc(-c5ccccc5CN5CCOCC5)c(=O)n3C4)cccc12. The average Bonchev–Trinajstić information content (AvgIpc) is 3.02. The zero-order chi connectivity index (χ0) is 29.7. The smallest absolute Gasteiger partial charge is 0.258 e. The number of morpholine rings is 1. The van der Waals surface area contributed by atoms with Gasteiger partial charge in [-0.15, -0.1) is 0 Å². The predicted molar refractivity (Wildman–Crippen MR) is 170 cm³/mol. The van der Waals surface area contributed by atoms with E-state index in [0.29, 0.717) is 30.1 Å². The number of pyridine rings is 1. The Morgan fingerprint density at radius 1 is 0.837 bits per heavy atom. The Hall–Kier alpha value is -3.50. The van der Waals surface area contributed by atoms with Crippen molar-refractivity contribution in [1.29, 1.82) is 0 Å². The maximum atomic E-state index is 14.2. The first-order valence-corrected chi connectivity index (χ1v) is 16.6. The van der Waals surface area contributed by atoms with Crippen LogP contribution in [0.3, 0.4) is 0 Å². The van der Waals surface area contributed by atoms with Gasteiger partial charge in [-0.3, -0.25) is 9.69 Å². The molecule has 224 valence electrons. The third-order valence-corrected chi connectivity index (χ3v) is 11.2. The van der Waals surface area contributed by atoms with Gasteiger partial charge in [-0.2, -0.15) is 4.31 Å². The average molecular weight is 599 g/mol. The Morgan fingerprint density at radius 3 is 2.42 bits per heavy atom. The minimum absolute atomic E-state index is 0.0169. The molecule has 2 atom stereocenters. The second-order valence-electron chi connectivity index (χ2n) is 12.3. The predicted octanol–water partition coefficient (Wildman–Crippen LogP) is 4.37. The van der Waals surface area contributed by atoms with E-state index in [2.05, 4.69) is 17.0 Å². The lowest BCUT2D eigenvalue weighted by atomic mass is 9.83. The second kappa shape index (κ2) is 11.2. The quantitative estimate of drug-likeness (QED) is 0.328. The molecule has 43 heavy (non-hydrogen) atoms. The maximum absolute atomic E-state index is 14.2. The molecule has 0 radical (unpaired) electrons. The van der Waals surface area contributed by atoms with E-state index in [1.807, 2.05) is 78.2 Å². The van der Waals surface area contributed by atoms with Crippen LogP contribution in [-0.2, 0) is 27.8 Å². The van der Waals surface area contributed by atoms with Crippen molar-refractivity contribution in [3.05, 3.63) is 94.4 Å². The van der Waals surface area contributed by atoms with Crippen LogP contribution in [0.1, 0.15) is 23.6 Å². The standard InChI is InChI=1S/C34H38N4O4S/c1-35(2)32-11-5-10-29-28(32)9-6-12-33(29)43(40,41)37-20-24-19-26(23-37)31-14-13-30(34(39)38(31)21-24)27-8-4-3-7-25(27)22-36-15-17-42-18-16-36/h3-14,24,26H,15-23H2,1-2H3/t24-,26+/m0/s1. The normalized spacial score (nSPS) is 21.1. The van der Waals surface area contributed by atoms with E-state index in [9.17, 15) is 13.2 Å². The number of hydrogen-bond donors (Lipinski definition) is 0. The lowest BCUT2D eigenvalue weighted by Gasteiger charge is -2.42. The van der Waals surface area contributed by atoms with Gasteiger partial charge in [0.1, 0.15) is 0 Å². The molecule has 0 N–H and O–H groups in total. The highest BCUT2D eigenvalue weighted by molar-refractivity contribution is 7.89. The first kappa shape index (κ1) is 28.3. The Bertz CT molecular complexity index is 1850. The first-order chi connectivity index (χ1) is 20.8. The number of aromatic nitrogens is 1. The van der Waals surface area contributed by atoms with Gasteiger partial charge in [0, 0.05) is 87.0 Å². The van der Waals surface area contributed by atoms with Crippen LogP contribution >= 0.6 is 0 Å². The molecule has 1 aromatic heterocycles. The van der Waals surface area contributed by atoms with Gasteiger partial charge in [0.05, 0.1) is 18.1 Å². The van der Waals surface area contributed by atoms with Gasteiger partial charge < -0.3 is 14.2 Å². The molecule has 0 saturated carbocycles. The van der Waals surface area contributed by atoms with Gasteiger partial charge >= 0.3 is 0 Å². The fraction of sp³-hybridized carbons (Fsp3) is 0.382. The fourth-order valence-electron chi connectivity index (χ4n) is 7.24. The molecule has 3 aliphatic rings. The minimum atomic E-state index is -3.74. The highest BCUT2D eigenvalue weighted by atomic mass is 32.2. The lowest BCUT2D eigenvalue weighted by molar-refractivity contribution is 0.0342. The number of piperidine rings is 1. The number of benzene rings is 3. The number of nitrogens with zero attached hydrogens (tertiary/aromatic N) is 4. The number of rotatable bonds is 6. The third kappa shape index (κ3) is 5.08. The maximum Gasteiger partial charge on any atom is 0.258 e. The third-order valence-electron chi connectivity index (χ3n) is 9.33. The highest BCUT2D eigenvalue weighted by Crippen LogP contribution is 2.39. The van der Waals surface area contributed by atoms with Crippen LogP contribution in [0.5, 0.6) is 0 Å². The summed E-state index contributed by atoms with van der Waals surface area (Å²) in [5.41, 5.74) is 4.77. The summed E-state index contributed by atoms with van der Waals surface area (Å²) in [6.07, 6.45) is 0.888. The number of fused-ring (bicyclic) bond motifs is 5. The highest BCUT2D eigenvalue weighted by Gasteiger charge is 2.40. The van der Waals surface area contributed by atoms with Crippen molar-refractivity contribution in [2.45, 2.75) is 30.3 Å². The van der Waals surface area contributed by atoms with Gasteiger partial charge in [0.2, 0.25) is 10.0 Å².